The highest BCUT2D eigenvalue weighted by molar-refractivity contribution is 5.64. The fraction of sp³-hybridized carbons (Fsp3) is 0.321. The minimum Gasteiger partial charge on any atom is -0.207 e. The number of hydrogen-bond acceptors (Lipinski definition) is 1. The van der Waals surface area contributed by atoms with Crippen LogP contribution in [0, 0.1) is 17.1 Å². The minimum atomic E-state index is -0.202. The molecule has 1 nitrogen and oxygen atoms in total. The first-order valence-electron chi connectivity index (χ1n) is 10.9. The summed E-state index contributed by atoms with van der Waals surface area (Å²) in [6, 6.07) is 15.2. The van der Waals surface area contributed by atoms with E-state index in [1.54, 1.807) is 6.07 Å². The number of halogens is 1. The maximum Gasteiger partial charge on any atom is 0.127 e. The van der Waals surface area contributed by atoms with Gasteiger partial charge in [-0.3, -0.25) is 0 Å². The van der Waals surface area contributed by atoms with Crippen molar-refractivity contribution in [1.29, 1.82) is 5.26 Å². The second-order valence-electron chi connectivity index (χ2n) is 6.98. The smallest absolute Gasteiger partial charge is 0.127 e. The summed E-state index contributed by atoms with van der Waals surface area (Å²) in [5.74, 6) is -0.202. The highest BCUT2D eigenvalue weighted by Gasteiger charge is 2.10. The van der Waals surface area contributed by atoms with Crippen molar-refractivity contribution in [2.75, 3.05) is 0 Å². The van der Waals surface area contributed by atoms with Crippen LogP contribution in [0.1, 0.15) is 58.1 Å². The molecule has 0 heterocycles. The molecular weight excluding hydrogens is 369 g/mol. The fourth-order valence-corrected chi connectivity index (χ4v) is 3.02. The Hall–Kier alpha value is -2.92. The summed E-state index contributed by atoms with van der Waals surface area (Å²) >= 11 is 0. The molecule has 30 heavy (non-hydrogen) atoms. The Morgan fingerprint density at radius 3 is 2.23 bits per heavy atom. The molecule has 2 aromatic carbocycles. The highest BCUT2D eigenvalue weighted by Crippen LogP contribution is 2.26. The van der Waals surface area contributed by atoms with Crippen LogP contribution in [0.15, 0.2) is 78.4 Å². The van der Waals surface area contributed by atoms with Gasteiger partial charge in [0.2, 0.25) is 0 Å². The minimum absolute atomic E-state index is 0.202. The SMILES string of the molecule is C=C(Cc1ccc(-c2ccc(CC#N)cc2)cc1F)C1=CC=CCC1.CC.CCC. The van der Waals surface area contributed by atoms with Crippen LogP contribution in [0.25, 0.3) is 11.1 Å². The van der Waals surface area contributed by atoms with Crippen LogP contribution in [-0.2, 0) is 12.8 Å². The van der Waals surface area contributed by atoms with Gasteiger partial charge in [0.05, 0.1) is 12.5 Å². The van der Waals surface area contributed by atoms with Crippen LogP contribution in [0.2, 0.25) is 0 Å². The molecule has 0 unspecified atom stereocenters. The molecule has 0 fully saturated rings. The molecule has 0 aliphatic heterocycles. The van der Waals surface area contributed by atoms with E-state index in [1.165, 1.54) is 12.0 Å². The number of nitrogens with zero attached hydrogens (tertiary/aromatic N) is 1. The zero-order valence-corrected chi connectivity index (χ0v) is 18.8. The third-order valence-corrected chi connectivity index (χ3v) is 4.50. The molecule has 3 rings (SSSR count). The first-order chi connectivity index (χ1) is 14.6. The van der Waals surface area contributed by atoms with Crippen LogP contribution >= 0.6 is 0 Å². The zero-order chi connectivity index (χ0) is 22.4. The highest BCUT2D eigenvalue weighted by atomic mass is 19.1. The second-order valence-corrected chi connectivity index (χ2v) is 6.98. The van der Waals surface area contributed by atoms with Crippen molar-refractivity contribution in [2.45, 2.75) is 59.8 Å². The first kappa shape index (κ1) is 25.1. The molecule has 0 radical (unpaired) electrons. The van der Waals surface area contributed by atoms with Gasteiger partial charge < -0.3 is 0 Å². The first-order valence-corrected chi connectivity index (χ1v) is 10.9. The van der Waals surface area contributed by atoms with Crippen LogP contribution in [0.4, 0.5) is 4.39 Å². The fourth-order valence-electron chi connectivity index (χ4n) is 3.02. The van der Waals surface area contributed by atoms with E-state index < -0.39 is 0 Å². The average Bonchev–Trinajstić information content (AvgIpc) is 2.78. The van der Waals surface area contributed by atoms with Crippen molar-refractivity contribution in [3.63, 3.8) is 0 Å². The Morgan fingerprint density at radius 2 is 1.70 bits per heavy atom. The Morgan fingerprint density at radius 1 is 1.07 bits per heavy atom. The third kappa shape index (κ3) is 7.84. The topological polar surface area (TPSA) is 23.8 Å². The Kier molecular flexibility index (Phi) is 11.8. The molecule has 2 aromatic rings. The van der Waals surface area contributed by atoms with Gasteiger partial charge in [-0.05, 0) is 52.3 Å². The predicted molar refractivity (Wildman–Crippen MR) is 128 cm³/mol. The monoisotopic (exact) mass is 403 g/mol. The third-order valence-electron chi connectivity index (χ3n) is 4.50. The molecule has 0 saturated heterocycles. The quantitative estimate of drug-likeness (QED) is 0.492. The maximum absolute atomic E-state index is 14.5. The van der Waals surface area contributed by atoms with E-state index in [-0.39, 0.29) is 5.82 Å². The predicted octanol–water partition coefficient (Wildman–Crippen LogP) is 8.38. The van der Waals surface area contributed by atoms with Gasteiger partial charge in [0.25, 0.3) is 0 Å². The number of benzene rings is 2. The average molecular weight is 404 g/mol. The Bertz CT molecular complexity index is 895. The van der Waals surface area contributed by atoms with Crippen LogP contribution in [0.5, 0.6) is 0 Å². The molecule has 0 saturated carbocycles. The van der Waals surface area contributed by atoms with E-state index in [4.69, 9.17) is 5.26 Å². The van der Waals surface area contributed by atoms with Crippen molar-refractivity contribution in [2.24, 2.45) is 0 Å². The molecule has 158 valence electrons. The lowest BCUT2D eigenvalue weighted by Gasteiger charge is -2.13. The molecule has 1 aliphatic carbocycles. The summed E-state index contributed by atoms with van der Waals surface area (Å²) in [7, 11) is 0. The summed E-state index contributed by atoms with van der Waals surface area (Å²) < 4.78 is 14.5. The number of nitriles is 1. The van der Waals surface area contributed by atoms with E-state index in [9.17, 15) is 4.39 Å². The molecule has 1 aliphatic rings. The summed E-state index contributed by atoms with van der Waals surface area (Å²) in [5.41, 5.74) is 5.62. The van der Waals surface area contributed by atoms with Gasteiger partial charge in [0.1, 0.15) is 5.82 Å². The lowest BCUT2D eigenvalue weighted by molar-refractivity contribution is 0.614. The van der Waals surface area contributed by atoms with E-state index in [0.29, 0.717) is 18.4 Å². The summed E-state index contributed by atoms with van der Waals surface area (Å²) in [5, 5.41) is 8.72. The zero-order valence-electron chi connectivity index (χ0n) is 18.8. The number of rotatable bonds is 5. The standard InChI is InChI=1S/C23H20FN.C3H8.C2H6/c1-17(19-5-3-2-4-6-19)15-22-12-11-21(16-23(22)24)20-9-7-18(8-10-20)13-14-25;1-3-2;1-2/h2-3,5,7-12,16H,1,4,6,13,15H2;3H2,1-2H3;1-2H3. The molecule has 0 aromatic heterocycles. The molecule has 0 bridgehead atoms. The van der Waals surface area contributed by atoms with Gasteiger partial charge in [0, 0.05) is 6.42 Å². The molecule has 0 amide bonds. The summed E-state index contributed by atoms with van der Waals surface area (Å²) in [6.07, 6.45) is 10.4. The Labute approximate surface area is 182 Å². The Balaban J connectivity index is 0.000000826. The van der Waals surface area contributed by atoms with Gasteiger partial charge in [-0.15, -0.1) is 0 Å². The molecule has 0 N–H and O–H groups in total. The van der Waals surface area contributed by atoms with Crippen LogP contribution in [0.3, 0.4) is 0 Å². The van der Waals surface area contributed by atoms with Crippen LogP contribution < -0.4 is 0 Å². The molecular formula is C28H34FN. The van der Waals surface area contributed by atoms with Crippen molar-refractivity contribution in [3.05, 3.63) is 95.4 Å². The van der Waals surface area contributed by atoms with E-state index in [2.05, 4.69) is 38.6 Å². The van der Waals surface area contributed by atoms with Gasteiger partial charge >= 0.3 is 0 Å². The molecule has 0 spiro atoms. The van der Waals surface area contributed by atoms with Crippen molar-refractivity contribution >= 4 is 0 Å². The van der Waals surface area contributed by atoms with E-state index in [1.807, 2.05) is 56.3 Å². The van der Waals surface area contributed by atoms with Gasteiger partial charge in [-0.25, -0.2) is 4.39 Å². The molecule has 2 heteroatoms. The lowest BCUT2D eigenvalue weighted by Crippen LogP contribution is -1.98. The van der Waals surface area contributed by atoms with Crippen molar-refractivity contribution in [3.8, 4) is 17.2 Å². The second kappa shape index (κ2) is 14.1. The van der Waals surface area contributed by atoms with Gasteiger partial charge in [-0.1, -0.05) is 95.3 Å². The number of allylic oxidation sites excluding steroid dienone is 5. The van der Waals surface area contributed by atoms with Crippen LogP contribution in [-0.4, -0.2) is 0 Å². The lowest BCUT2D eigenvalue weighted by atomic mass is 9.92. The number of hydrogen-bond donors (Lipinski definition) is 0. The molecule has 0 atom stereocenters. The van der Waals surface area contributed by atoms with Crippen molar-refractivity contribution in [1.82, 2.24) is 0 Å². The van der Waals surface area contributed by atoms with Gasteiger partial charge in [0.15, 0.2) is 0 Å². The van der Waals surface area contributed by atoms with Gasteiger partial charge in [-0.2, -0.15) is 5.26 Å². The normalized spacial score (nSPS) is 11.8. The van der Waals surface area contributed by atoms with E-state index in [0.717, 1.165) is 35.1 Å². The van der Waals surface area contributed by atoms with E-state index >= 15 is 0 Å². The van der Waals surface area contributed by atoms with Crippen molar-refractivity contribution < 1.29 is 4.39 Å². The summed E-state index contributed by atoms with van der Waals surface area (Å²) in [6.45, 7) is 12.4. The largest absolute Gasteiger partial charge is 0.207 e. The maximum atomic E-state index is 14.5. The summed E-state index contributed by atoms with van der Waals surface area (Å²) in [4.78, 5) is 0.